The molecule has 1 aliphatic heterocycles. The molecule has 1 fully saturated rings. The molecule has 3 rings (SSSR count). The summed E-state index contributed by atoms with van der Waals surface area (Å²) in [6.45, 7) is 4.10. The molecule has 0 bridgehead atoms. The topological polar surface area (TPSA) is 65.0 Å². The van der Waals surface area contributed by atoms with Crippen molar-refractivity contribution in [3.05, 3.63) is 59.1 Å². The molecule has 0 atom stereocenters. The highest BCUT2D eigenvalue weighted by molar-refractivity contribution is 7.90. The van der Waals surface area contributed by atoms with Crippen molar-refractivity contribution in [3.63, 3.8) is 0 Å². The van der Waals surface area contributed by atoms with Crippen molar-refractivity contribution in [2.45, 2.75) is 11.4 Å². The van der Waals surface area contributed by atoms with Crippen LogP contribution in [0.15, 0.2) is 58.4 Å². The molecule has 0 radical (unpaired) electrons. The first-order valence-electron chi connectivity index (χ1n) is 9.12. The number of benzene rings is 2. The lowest BCUT2D eigenvalue weighted by Gasteiger charge is -2.37. The van der Waals surface area contributed by atoms with Gasteiger partial charge in [0.25, 0.3) is 0 Å². The summed E-state index contributed by atoms with van der Waals surface area (Å²) in [7, 11) is -1.39. The summed E-state index contributed by atoms with van der Waals surface area (Å²) in [6.07, 6.45) is 1.21. The number of hydrogen-bond donors (Lipinski definition) is 1. The number of guanidine groups is 1. The van der Waals surface area contributed by atoms with Gasteiger partial charge in [0.15, 0.2) is 15.8 Å². The number of anilines is 1. The zero-order chi connectivity index (χ0) is 20.1. The minimum Gasteiger partial charge on any atom is -0.368 e. The van der Waals surface area contributed by atoms with Gasteiger partial charge in [-0.05, 0) is 35.9 Å². The largest absolute Gasteiger partial charge is 0.368 e. The van der Waals surface area contributed by atoms with E-state index in [1.165, 1.54) is 6.26 Å². The molecule has 0 saturated carbocycles. The maximum Gasteiger partial charge on any atom is 0.194 e. The molecule has 8 heteroatoms. The van der Waals surface area contributed by atoms with Gasteiger partial charge in [0.1, 0.15) is 0 Å². The van der Waals surface area contributed by atoms with Crippen molar-refractivity contribution in [3.8, 4) is 0 Å². The Balaban J connectivity index is 1.55. The predicted molar refractivity (Wildman–Crippen MR) is 115 cm³/mol. The summed E-state index contributed by atoms with van der Waals surface area (Å²) in [5.41, 5.74) is 2.15. The van der Waals surface area contributed by atoms with Crippen molar-refractivity contribution >= 4 is 33.1 Å². The Morgan fingerprint density at radius 3 is 2.36 bits per heavy atom. The third kappa shape index (κ3) is 5.17. The molecule has 0 unspecified atom stereocenters. The van der Waals surface area contributed by atoms with Gasteiger partial charge in [0.2, 0.25) is 0 Å². The fraction of sp³-hybridized carbons (Fsp3) is 0.350. The van der Waals surface area contributed by atoms with Gasteiger partial charge >= 0.3 is 0 Å². The Labute approximate surface area is 171 Å². The molecule has 1 saturated heterocycles. The molecule has 0 aromatic heterocycles. The summed E-state index contributed by atoms with van der Waals surface area (Å²) in [6, 6.07) is 14.9. The Bertz CT molecular complexity index is 937. The van der Waals surface area contributed by atoms with Gasteiger partial charge in [-0.15, -0.1) is 0 Å². The number of rotatable bonds is 4. The maximum atomic E-state index is 11.6. The molecule has 2 aromatic rings. The first kappa shape index (κ1) is 20.5. The lowest BCUT2D eigenvalue weighted by molar-refractivity contribution is 0.372. The summed E-state index contributed by atoms with van der Waals surface area (Å²) in [5.74, 6) is 0.845. The van der Waals surface area contributed by atoms with Crippen LogP contribution in [0.4, 0.5) is 5.69 Å². The number of sulfone groups is 1. The highest BCUT2D eigenvalue weighted by Crippen LogP contribution is 2.20. The molecule has 2 aromatic carbocycles. The van der Waals surface area contributed by atoms with Gasteiger partial charge in [-0.2, -0.15) is 0 Å². The second kappa shape index (κ2) is 8.84. The van der Waals surface area contributed by atoms with E-state index in [2.05, 4.69) is 26.2 Å². The quantitative estimate of drug-likeness (QED) is 0.608. The Kier molecular flexibility index (Phi) is 6.46. The van der Waals surface area contributed by atoms with Crippen molar-refractivity contribution in [2.75, 3.05) is 44.4 Å². The molecule has 28 heavy (non-hydrogen) atoms. The minimum absolute atomic E-state index is 0.331. The SMILES string of the molecule is CN=C(NCc1ccc(S(C)(=O)=O)cc1)N1CCN(c2cccc(Cl)c2)CC1. The van der Waals surface area contributed by atoms with Crippen LogP contribution in [0.2, 0.25) is 5.02 Å². The van der Waals surface area contributed by atoms with Gasteiger partial charge in [-0.3, -0.25) is 4.99 Å². The fourth-order valence-corrected chi connectivity index (χ4v) is 4.03. The van der Waals surface area contributed by atoms with Crippen LogP contribution in [-0.4, -0.2) is 58.8 Å². The average molecular weight is 421 g/mol. The second-order valence-corrected chi connectivity index (χ2v) is 9.22. The summed E-state index contributed by atoms with van der Waals surface area (Å²) < 4.78 is 23.1. The molecule has 6 nitrogen and oxygen atoms in total. The van der Waals surface area contributed by atoms with E-state index in [4.69, 9.17) is 11.6 Å². The van der Waals surface area contributed by atoms with Crippen molar-refractivity contribution in [1.82, 2.24) is 10.2 Å². The van der Waals surface area contributed by atoms with Crippen LogP contribution in [0.3, 0.4) is 0 Å². The zero-order valence-corrected chi connectivity index (χ0v) is 17.7. The van der Waals surface area contributed by atoms with E-state index < -0.39 is 9.84 Å². The number of piperazine rings is 1. The minimum atomic E-state index is -3.17. The van der Waals surface area contributed by atoms with Crippen LogP contribution in [0, 0.1) is 0 Å². The predicted octanol–water partition coefficient (Wildman–Crippen LogP) is 2.64. The van der Waals surface area contributed by atoms with E-state index in [0.29, 0.717) is 11.4 Å². The van der Waals surface area contributed by atoms with Crippen LogP contribution < -0.4 is 10.2 Å². The van der Waals surface area contributed by atoms with Crippen molar-refractivity contribution in [2.24, 2.45) is 4.99 Å². The van der Waals surface area contributed by atoms with Gasteiger partial charge in [-0.25, -0.2) is 8.42 Å². The molecular formula is C20H25ClN4O2S. The van der Waals surface area contributed by atoms with E-state index in [9.17, 15) is 8.42 Å². The number of aliphatic imine (C=N–C) groups is 1. The number of nitrogens with one attached hydrogen (secondary N) is 1. The Hall–Kier alpha value is -2.25. The highest BCUT2D eigenvalue weighted by Gasteiger charge is 2.20. The number of hydrogen-bond acceptors (Lipinski definition) is 4. The summed E-state index contributed by atoms with van der Waals surface area (Å²) in [5, 5.41) is 4.11. The molecular weight excluding hydrogens is 396 g/mol. The zero-order valence-electron chi connectivity index (χ0n) is 16.1. The summed E-state index contributed by atoms with van der Waals surface area (Å²) in [4.78, 5) is 9.27. The first-order valence-corrected chi connectivity index (χ1v) is 11.4. The molecule has 1 aliphatic rings. The van der Waals surface area contributed by atoms with E-state index >= 15 is 0 Å². The maximum absolute atomic E-state index is 11.6. The van der Waals surface area contributed by atoms with Crippen LogP contribution in [0.5, 0.6) is 0 Å². The number of halogens is 1. The average Bonchev–Trinajstić information content (AvgIpc) is 2.69. The van der Waals surface area contributed by atoms with Gasteiger partial charge in [-0.1, -0.05) is 29.8 Å². The van der Waals surface area contributed by atoms with Crippen LogP contribution in [0.1, 0.15) is 5.56 Å². The fourth-order valence-electron chi connectivity index (χ4n) is 3.22. The molecule has 0 spiro atoms. The highest BCUT2D eigenvalue weighted by atomic mass is 35.5. The molecule has 150 valence electrons. The van der Waals surface area contributed by atoms with E-state index in [1.807, 2.05) is 30.3 Å². The van der Waals surface area contributed by atoms with Gasteiger partial charge in [0, 0.05) is 56.7 Å². The molecule has 0 amide bonds. The Morgan fingerprint density at radius 2 is 1.79 bits per heavy atom. The van der Waals surface area contributed by atoms with Crippen molar-refractivity contribution in [1.29, 1.82) is 0 Å². The van der Waals surface area contributed by atoms with Crippen LogP contribution in [0.25, 0.3) is 0 Å². The first-order chi connectivity index (χ1) is 13.4. The third-order valence-corrected chi connectivity index (χ3v) is 6.13. The second-order valence-electron chi connectivity index (χ2n) is 6.77. The third-order valence-electron chi connectivity index (χ3n) is 4.77. The molecule has 1 heterocycles. The lowest BCUT2D eigenvalue weighted by Crippen LogP contribution is -2.52. The van der Waals surface area contributed by atoms with Crippen LogP contribution >= 0.6 is 11.6 Å². The van der Waals surface area contributed by atoms with Crippen LogP contribution in [-0.2, 0) is 16.4 Å². The number of nitrogens with zero attached hydrogens (tertiary/aromatic N) is 3. The Morgan fingerprint density at radius 1 is 1.11 bits per heavy atom. The monoisotopic (exact) mass is 420 g/mol. The van der Waals surface area contributed by atoms with Crippen molar-refractivity contribution < 1.29 is 8.42 Å². The summed E-state index contributed by atoms with van der Waals surface area (Å²) >= 11 is 6.10. The van der Waals surface area contributed by atoms with Gasteiger partial charge in [0.05, 0.1) is 4.90 Å². The normalized spacial score (nSPS) is 15.6. The lowest BCUT2D eigenvalue weighted by atomic mass is 10.2. The van der Waals surface area contributed by atoms with Gasteiger partial charge < -0.3 is 15.1 Å². The standard InChI is InChI=1S/C20H25ClN4O2S/c1-22-20(23-15-16-6-8-19(9-7-16)28(2,26)27)25-12-10-24(11-13-25)18-5-3-4-17(21)14-18/h3-9,14H,10-13,15H2,1-2H3,(H,22,23). The molecule has 1 N–H and O–H groups in total. The smallest absolute Gasteiger partial charge is 0.194 e. The van der Waals surface area contributed by atoms with E-state index in [-0.39, 0.29) is 0 Å². The van der Waals surface area contributed by atoms with E-state index in [1.54, 1.807) is 19.2 Å². The molecule has 0 aliphatic carbocycles. The van der Waals surface area contributed by atoms with E-state index in [0.717, 1.165) is 48.4 Å².